The third kappa shape index (κ3) is 3.30. The Morgan fingerprint density at radius 3 is 2.63 bits per heavy atom. The van der Waals surface area contributed by atoms with Crippen molar-refractivity contribution in [1.29, 1.82) is 0 Å². The maximum Gasteiger partial charge on any atom is 0.182 e. The van der Waals surface area contributed by atoms with Crippen molar-refractivity contribution in [2.45, 2.75) is 10.6 Å². The van der Waals surface area contributed by atoms with Gasteiger partial charge in [-0.3, -0.25) is 4.98 Å². The molecule has 2 rings (SSSR count). The first-order chi connectivity index (χ1) is 8.88. The molecule has 2 N–H and O–H groups in total. The van der Waals surface area contributed by atoms with E-state index in [4.69, 9.17) is 5.73 Å². The Hall–Kier alpha value is -1.47. The second-order valence-electron chi connectivity index (χ2n) is 3.95. The monoisotopic (exact) mass is 344 g/mol. The van der Waals surface area contributed by atoms with Crippen LogP contribution in [0.25, 0.3) is 0 Å². The summed E-state index contributed by atoms with van der Waals surface area (Å²) in [7, 11) is -3.63. The Bertz CT molecular complexity index is 719. The van der Waals surface area contributed by atoms with Gasteiger partial charge in [-0.1, -0.05) is 0 Å². The van der Waals surface area contributed by atoms with E-state index < -0.39 is 15.7 Å². The number of nitrogen functional groups attached to an aromatic ring is 1. The lowest BCUT2D eigenvalue weighted by atomic mass is 10.3. The van der Waals surface area contributed by atoms with Crippen molar-refractivity contribution in [3.63, 3.8) is 0 Å². The van der Waals surface area contributed by atoms with Crippen LogP contribution in [0.5, 0.6) is 0 Å². The normalized spacial score (nSPS) is 11.5. The third-order valence-electron chi connectivity index (χ3n) is 2.45. The van der Waals surface area contributed by atoms with Crippen LogP contribution in [0.4, 0.5) is 10.1 Å². The largest absolute Gasteiger partial charge is 0.396 e. The number of nitrogens with zero attached hydrogens (tertiary/aromatic N) is 1. The fourth-order valence-corrected chi connectivity index (χ4v) is 3.27. The van der Waals surface area contributed by atoms with Crippen LogP contribution in [0, 0.1) is 5.82 Å². The van der Waals surface area contributed by atoms with Gasteiger partial charge in [-0.05, 0) is 45.8 Å². The molecule has 19 heavy (non-hydrogen) atoms. The molecule has 0 aliphatic rings. The molecule has 7 heteroatoms. The molecule has 0 unspecified atom stereocenters. The summed E-state index contributed by atoms with van der Waals surface area (Å²) in [5, 5.41) is 0. The average Bonchev–Trinajstić information content (AvgIpc) is 2.32. The van der Waals surface area contributed by atoms with Crippen LogP contribution in [0.1, 0.15) is 5.56 Å². The molecule has 0 spiro atoms. The summed E-state index contributed by atoms with van der Waals surface area (Å²) in [5.74, 6) is -0.989. The minimum atomic E-state index is -3.63. The lowest BCUT2D eigenvalue weighted by Crippen LogP contribution is -2.06. The van der Waals surface area contributed by atoms with Gasteiger partial charge in [0.2, 0.25) is 0 Å². The highest BCUT2D eigenvalue weighted by Crippen LogP contribution is 2.21. The van der Waals surface area contributed by atoms with Crippen molar-refractivity contribution >= 4 is 31.5 Å². The number of halogens is 2. The number of sulfone groups is 1. The second-order valence-corrected chi connectivity index (χ2v) is 6.86. The first kappa shape index (κ1) is 14.0. The Kier molecular flexibility index (Phi) is 3.86. The fourth-order valence-electron chi connectivity index (χ4n) is 1.54. The van der Waals surface area contributed by atoms with Crippen molar-refractivity contribution in [1.82, 2.24) is 4.98 Å². The summed E-state index contributed by atoms with van der Waals surface area (Å²) in [6, 6.07) is 5.11. The molecule has 0 atom stereocenters. The standard InChI is InChI=1S/C12H10BrFN2O2S/c13-9-3-8(5-16-6-9)7-19(17,18)10-1-2-12(15)11(14)4-10/h1-6H,7,15H2. The molecule has 4 nitrogen and oxygen atoms in total. The van der Waals surface area contributed by atoms with Crippen molar-refractivity contribution in [3.8, 4) is 0 Å². The van der Waals surface area contributed by atoms with Crippen molar-refractivity contribution in [3.05, 3.63) is 52.5 Å². The van der Waals surface area contributed by atoms with Crippen LogP contribution in [-0.4, -0.2) is 13.4 Å². The molecule has 100 valence electrons. The van der Waals surface area contributed by atoms with Crippen LogP contribution in [-0.2, 0) is 15.6 Å². The molecular weight excluding hydrogens is 335 g/mol. The van der Waals surface area contributed by atoms with E-state index >= 15 is 0 Å². The summed E-state index contributed by atoms with van der Waals surface area (Å²) in [5.41, 5.74) is 5.76. The number of aromatic nitrogens is 1. The van der Waals surface area contributed by atoms with Gasteiger partial charge in [-0.25, -0.2) is 12.8 Å². The predicted molar refractivity (Wildman–Crippen MR) is 73.6 cm³/mol. The van der Waals surface area contributed by atoms with Gasteiger partial charge in [-0.2, -0.15) is 0 Å². The summed E-state index contributed by atoms with van der Waals surface area (Å²) >= 11 is 3.21. The molecule has 0 radical (unpaired) electrons. The van der Waals surface area contributed by atoms with Crippen LogP contribution < -0.4 is 5.73 Å². The molecule has 0 amide bonds. The Balaban J connectivity index is 2.35. The summed E-state index contributed by atoms with van der Waals surface area (Å²) in [6.07, 6.45) is 3.01. The Labute approximate surface area is 118 Å². The fraction of sp³-hybridized carbons (Fsp3) is 0.0833. The van der Waals surface area contributed by atoms with E-state index in [1.54, 1.807) is 12.3 Å². The van der Waals surface area contributed by atoms with Gasteiger partial charge in [0.15, 0.2) is 9.84 Å². The molecule has 1 aromatic heterocycles. The molecule has 0 aliphatic heterocycles. The van der Waals surface area contributed by atoms with Crippen molar-refractivity contribution in [2.24, 2.45) is 0 Å². The molecule has 2 aromatic rings. The second kappa shape index (κ2) is 5.26. The van der Waals surface area contributed by atoms with Gasteiger partial charge in [0.25, 0.3) is 0 Å². The number of hydrogen-bond acceptors (Lipinski definition) is 4. The smallest absolute Gasteiger partial charge is 0.182 e. The lowest BCUT2D eigenvalue weighted by molar-refractivity contribution is 0.591. The van der Waals surface area contributed by atoms with Crippen molar-refractivity contribution < 1.29 is 12.8 Å². The Morgan fingerprint density at radius 1 is 1.26 bits per heavy atom. The molecule has 0 saturated heterocycles. The third-order valence-corrected chi connectivity index (χ3v) is 4.57. The van der Waals surface area contributed by atoms with Gasteiger partial charge < -0.3 is 5.73 Å². The zero-order valence-electron chi connectivity index (χ0n) is 9.68. The van der Waals surface area contributed by atoms with E-state index in [-0.39, 0.29) is 16.3 Å². The topological polar surface area (TPSA) is 73.1 Å². The number of nitrogens with two attached hydrogens (primary N) is 1. The summed E-state index contributed by atoms with van der Waals surface area (Å²) < 4.78 is 38.2. The Morgan fingerprint density at radius 2 is 2.00 bits per heavy atom. The number of anilines is 1. The predicted octanol–water partition coefficient (Wildman–Crippen LogP) is 2.54. The quantitative estimate of drug-likeness (QED) is 0.868. The van der Waals surface area contributed by atoms with Crippen LogP contribution in [0.3, 0.4) is 0 Å². The molecule has 1 heterocycles. The van der Waals surface area contributed by atoms with Crippen molar-refractivity contribution in [2.75, 3.05) is 5.73 Å². The van der Waals surface area contributed by atoms with Gasteiger partial charge in [-0.15, -0.1) is 0 Å². The summed E-state index contributed by atoms with van der Waals surface area (Å²) in [4.78, 5) is 3.79. The highest BCUT2D eigenvalue weighted by atomic mass is 79.9. The lowest BCUT2D eigenvalue weighted by Gasteiger charge is -2.06. The first-order valence-electron chi connectivity index (χ1n) is 5.26. The number of benzene rings is 1. The highest BCUT2D eigenvalue weighted by molar-refractivity contribution is 9.10. The summed E-state index contributed by atoms with van der Waals surface area (Å²) in [6.45, 7) is 0. The zero-order chi connectivity index (χ0) is 14.0. The number of pyridine rings is 1. The molecular formula is C12H10BrFN2O2S. The number of rotatable bonds is 3. The molecule has 1 aromatic carbocycles. The minimum absolute atomic E-state index is 0.0805. The molecule has 0 bridgehead atoms. The maximum absolute atomic E-state index is 13.3. The average molecular weight is 345 g/mol. The van der Waals surface area contributed by atoms with Crippen LogP contribution in [0.15, 0.2) is 46.0 Å². The van der Waals surface area contributed by atoms with Crippen LogP contribution >= 0.6 is 15.9 Å². The van der Waals surface area contributed by atoms with Gasteiger partial charge >= 0.3 is 0 Å². The van der Waals surface area contributed by atoms with Gasteiger partial charge in [0, 0.05) is 16.9 Å². The maximum atomic E-state index is 13.3. The highest BCUT2D eigenvalue weighted by Gasteiger charge is 2.17. The zero-order valence-corrected chi connectivity index (χ0v) is 12.1. The van der Waals surface area contributed by atoms with E-state index in [0.717, 1.165) is 6.07 Å². The molecule has 0 saturated carbocycles. The molecule has 0 fully saturated rings. The van der Waals surface area contributed by atoms with E-state index in [2.05, 4.69) is 20.9 Å². The molecule has 0 aliphatic carbocycles. The SMILES string of the molecule is Nc1ccc(S(=O)(=O)Cc2cncc(Br)c2)cc1F. The van der Waals surface area contributed by atoms with Gasteiger partial charge in [0.1, 0.15) is 5.82 Å². The minimum Gasteiger partial charge on any atom is -0.396 e. The first-order valence-corrected chi connectivity index (χ1v) is 7.70. The van der Waals surface area contributed by atoms with E-state index in [9.17, 15) is 12.8 Å². The van der Waals surface area contributed by atoms with E-state index in [0.29, 0.717) is 10.0 Å². The van der Waals surface area contributed by atoms with E-state index in [1.165, 1.54) is 18.3 Å². The van der Waals surface area contributed by atoms with Crippen LogP contribution in [0.2, 0.25) is 0 Å². The number of hydrogen-bond donors (Lipinski definition) is 1. The van der Waals surface area contributed by atoms with Gasteiger partial charge in [0.05, 0.1) is 16.3 Å². The van der Waals surface area contributed by atoms with E-state index in [1.807, 2.05) is 0 Å².